The minimum absolute atomic E-state index is 0.117. The number of aryl methyl sites for hydroxylation is 2. The lowest BCUT2D eigenvalue weighted by Crippen LogP contribution is -2.37. The summed E-state index contributed by atoms with van der Waals surface area (Å²) < 4.78 is 0. The number of benzene rings is 1. The van der Waals surface area contributed by atoms with E-state index in [9.17, 15) is 4.79 Å². The van der Waals surface area contributed by atoms with Crippen molar-refractivity contribution in [2.24, 2.45) is 11.7 Å². The molecular weight excluding hydrogens is 264 g/mol. The van der Waals surface area contributed by atoms with Crippen LogP contribution in [-0.4, -0.2) is 29.8 Å². The van der Waals surface area contributed by atoms with Crippen LogP contribution in [0, 0.1) is 19.8 Å². The molecule has 5 nitrogen and oxygen atoms in total. The first-order valence-electron chi connectivity index (χ1n) is 7.55. The monoisotopic (exact) mass is 286 g/mol. The number of aromatic amines is 1. The topological polar surface area (TPSA) is 75.0 Å². The molecule has 0 aliphatic carbocycles. The quantitative estimate of drug-likeness (QED) is 0.881. The Morgan fingerprint density at radius 3 is 2.48 bits per heavy atom. The Balaban J connectivity index is 2.05. The SMILES string of the molecule is Cc1cc2c(N3CCC(CN)CC3)n[nH]c(=O)c2cc1C. The van der Waals surface area contributed by atoms with Gasteiger partial charge in [-0.15, -0.1) is 0 Å². The van der Waals surface area contributed by atoms with Crippen molar-refractivity contribution < 1.29 is 0 Å². The molecule has 0 bridgehead atoms. The van der Waals surface area contributed by atoms with Crippen molar-refractivity contribution in [3.8, 4) is 0 Å². The molecule has 3 N–H and O–H groups in total. The van der Waals surface area contributed by atoms with Crippen LogP contribution in [-0.2, 0) is 0 Å². The van der Waals surface area contributed by atoms with Crippen molar-refractivity contribution in [1.29, 1.82) is 0 Å². The van der Waals surface area contributed by atoms with E-state index in [0.717, 1.165) is 54.6 Å². The summed E-state index contributed by atoms with van der Waals surface area (Å²) in [6.07, 6.45) is 2.17. The second kappa shape index (κ2) is 5.48. The van der Waals surface area contributed by atoms with Gasteiger partial charge in [-0.25, -0.2) is 5.10 Å². The molecule has 0 atom stereocenters. The zero-order valence-corrected chi connectivity index (χ0v) is 12.6. The molecule has 0 radical (unpaired) electrons. The average molecular weight is 286 g/mol. The van der Waals surface area contributed by atoms with E-state index in [4.69, 9.17) is 5.73 Å². The van der Waals surface area contributed by atoms with Crippen LogP contribution in [0.1, 0.15) is 24.0 Å². The summed E-state index contributed by atoms with van der Waals surface area (Å²) in [4.78, 5) is 14.3. The first-order chi connectivity index (χ1) is 10.1. The molecule has 2 aromatic rings. The molecule has 1 saturated heterocycles. The summed E-state index contributed by atoms with van der Waals surface area (Å²) in [5, 5.41) is 8.63. The van der Waals surface area contributed by atoms with Gasteiger partial charge in [0, 0.05) is 18.5 Å². The molecule has 1 fully saturated rings. The van der Waals surface area contributed by atoms with Crippen LogP contribution in [0.4, 0.5) is 5.82 Å². The van der Waals surface area contributed by atoms with Crippen LogP contribution in [0.2, 0.25) is 0 Å². The van der Waals surface area contributed by atoms with Gasteiger partial charge in [-0.05, 0) is 62.4 Å². The number of nitrogens with one attached hydrogen (secondary N) is 1. The Morgan fingerprint density at radius 1 is 1.24 bits per heavy atom. The molecule has 1 aliphatic heterocycles. The lowest BCUT2D eigenvalue weighted by Gasteiger charge is -2.32. The summed E-state index contributed by atoms with van der Waals surface area (Å²) in [6.45, 7) is 6.75. The molecule has 0 saturated carbocycles. The van der Waals surface area contributed by atoms with Crippen molar-refractivity contribution >= 4 is 16.6 Å². The normalized spacial score (nSPS) is 16.6. The number of hydrogen-bond donors (Lipinski definition) is 2. The fourth-order valence-electron chi connectivity index (χ4n) is 3.03. The molecule has 0 spiro atoms. The zero-order chi connectivity index (χ0) is 15.0. The molecule has 5 heteroatoms. The number of nitrogens with two attached hydrogens (primary N) is 1. The second-order valence-corrected chi connectivity index (χ2v) is 6.02. The highest BCUT2D eigenvalue weighted by atomic mass is 16.1. The molecule has 0 amide bonds. The van der Waals surface area contributed by atoms with Crippen molar-refractivity contribution in [3.63, 3.8) is 0 Å². The predicted molar refractivity (Wildman–Crippen MR) is 85.8 cm³/mol. The minimum atomic E-state index is -0.117. The van der Waals surface area contributed by atoms with E-state index in [1.54, 1.807) is 0 Å². The van der Waals surface area contributed by atoms with Crippen molar-refractivity contribution in [3.05, 3.63) is 33.6 Å². The Morgan fingerprint density at radius 2 is 1.86 bits per heavy atom. The molecule has 3 rings (SSSR count). The van der Waals surface area contributed by atoms with E-state index in [-0.39, 0.29) is 5.56 Å². The third-order valence-corrected chi connectivity index (χ3v) is 4.63. The fourth-order valence-corrected chi connectivity index (χ4v) is 3.03. The Bertz CT molecular complexity index is 714. The van der Waals surface area contributed by atoms with E-state index in [0.29, 0.717) is 5.92 Å². The van der Waals surface area contributed by atoms with Crippen LogP contribution >= 0.6 is 0 Å². The highest BCUT2D eigenvalue weighted by Gasteiger charge is 2.21. The minimum Gasteiger partial charge on any atom is -0.355 e. The van der Waals surface area contributed by atoms with Gasteiger partial charge in [0.1, 0.15) is 0 Å². The summed E-state index contributed by atoms with van der Waals surface area (Å²) in [5.41, 5.74) is 7.96. The van der Waals surface area contributed by atoms with Gasteiger partial charge in [0.2, 0.25) is 0 Å². The van der Waals surface area contributed by atoms with Crippen molar-refractivity contribution in [2.75, 3.05) is 24.5 Å². The van der Waals surface area contributed by atoms with Crippen molar-refractivity contribution in [1.82, 2.24) is 10.2 Å². The van der Waals surface area contributed by atoms with E-state index in [2.05, 4.69) is 28.1 Å². The van der Waals surface area contributed by atoms with Gasteiger partial charge >= 0.3 is 0 Å². The van der Waals surface area contributed by atoms with Gasteiger partial charge < -0.3 is 10.6 Å². The van der Waals surface area contributed by atoms with Crippen LogP contribution in [0.5, 0.6) is 0 Å². The van der Waals surface area contributed by atoms with Gasteiger partial charge in [-0.2, -0.15) is 5.10 Å². The van der Waals surface area contributed by atoms with Crippen molar-refractivity contribution in [2.45, 2.75) is 26.7 Å². The lowest BCUT2D eigenvalue weighted by atomic mass is 9.96. The number of fused-ring (bicyclic) bond motifs is 1. The molecule has 2 heterocycles. The highest BCUT2D eigenvalue weighted by Crippen LogP contribution is 2.27. The number of aromatic nitrogens is 2. The Kier molecular flexibility index (Phi) is 3.68. The zero-order valence-electron chi connectivity index (χ0n) is 12.6. The van der Waals surface area contributed by atoms with E-state index in [1.807, 2.05) is 13.0 Å². The fraction of sp³-hybridized carbons (Fsp3) is 0.500. The summed E-state index contributed by atoms with van der Waals surface area (Å²) in [5.74, 6) is 1.50. The molecule has 21 heavy (non-hydrogen) atoms. The highest BCUT2D eigenvalue weighted by molar-refractivity contribution is 5.92. The number of piperidine rings is 1. The van der Waals surface area contributed by atoms with E-state index < -0.39 is 0 Å². The van der Waals surface area contributed by atoms with Gasteiger partial charge in [0.25, 0.3) is 5.56 Å². The summed E-state index contributed by atoms with van der Waals surface area (Å²) in [7, 11) is 0. The number of nitrogens with zero attached hydrogens (tertiary/aromatic N) is 2. The molecule has 1 aromatic heterocycles. The maximum Gasteiger partial charge on any atom is 0.272 e. The van der Waals surface area contributed by atoms with Gasteiger partial charge in [0.15, 0.2) is 5.82 Å². The summed E-state index contributed by atoms with van der Waals surface area (Å²) >= 11 is 0. The van der Waals surface area contributed by atoms with Crippen LogP contribution in [0.25, 0.3) is 10.8 Å². The Labute approximate surface area is 124 Å². The summed E-state index contributed by atoms with van der Waals surface area (Å²) in [6, 6.07) is 4.04. The van der Waals surface area contributed by atoms with E-state index >= 15 is 0 Å². The first-order valence-corrected chi connectivity index (χ1v) is 7.55. The van der Waals surface area contributed by atoms with Gasteiger partial charge in [-0.1, -0.05) is 0 Å². The largest absolute Gasteiger partial charge is 0.355 e. The number of H-pyrrole nitrogens is 1. The number of anilines is 1. The second-order valence-electron chi connectivity index (χ2n) is 6.02. The maximum atomic E-state index is 12.0. The maximum absolute atomic E-state index is 12.0. The lowest BCUT2D eigenvalue weighted by molar-refractivity contribution is 0.413. The van der Waals surface area contributed by atoms with Gasteiger partial charge in [-0.3, -0.25) is 4.79 Å². The standard InChI is InChI=1S/C16H22N4O/c1-10-7-13-14(8-11(10)2)16(21)19-18-15(13)20-5-3-12(9-17)4-6-20/h7-8,12H,3-6,9,17H2,1-2H3,(H,19,21). The average Bonchev–Trinajstić information content (AvgIpc) is 2.50. The van der Waals surface area contributed by atoms with Crippen LogP contribution in [0.15, 0.2) is 16.9 Å². The smallest absolute Gasteiger partial charge is 0.272 e. The predicted octanol–water partition coefficient (Wildman–Crippen LogP) is 1.72. The molecular formula is C16H22N4O. The van der Waals surface area contributed by atoms with Crippen LogP contribution < -0.4 is 16.2 Å². The number of rotatable bonds is 2. The molecule has 0 unspecified atom stereocenters. The third kappa shape index (κ3) is 2.53. The Hall–Kier alpha value is -1.88. The molecule has 112 valence electrons. The first kappa shape index (κ1) is 14.1. The molecule has 1 aromatic carbocycles. The van der Waals surface area contributed by atoms with Crippen LogP contribution in [0.3, 0.4) is 0 Å². The number of hydrogen-bond acceptors (Lipinski definition) is 4. The van der Waals surface area contributed by atoms with E-state index in [1.165, 1.54) is 5.56 Å². The van der Waals surface area contributed by atoms with Gasteiger partial charge in [0.05, 0.1) is 5.39 Å². The third-order valence-electron chi connectivity index (χ3n) is 4.63. The molecule has 1 aliphatic rings.